The van der Waals surface area contributed by atoms with Gasteiger partial charge in [0, 0.05) is 21.9 Å². The van der Waals surface area contributed by atoms with Gasteiger partial charge in [-0.2, -0.15) is 0 Å². The van der Waals surface area contributed by atoms with E-state index in [1.54, 1.807) is 0 Å². The van der Waals surface area contributed by atoms with Crippen molar-refractivity contribution in [3.63, 3.8) is 0 Å². The molecule has 0 unspecified atom stereocenters. The first-order chi connectivity index (χ1) is 12.6. The fourth-order valence-electron chi connectivity index (χ4n) is 3.72. The molecule has 5 heteroatoms. The molecule has 0 spiro atoms. The van der Waals surface area contributed by atoms with Gasteiger partial charge < -0.3 is 9.84 Å². The first kappa shape index (κ1) is 16.5. The molecule has 0 saturated carbocycles. The highest BCUT2D eigenvalue weighted by Crippen LogP contribution is 2.45. The summed E-state index contributed by atoms with van der Waals surface area (Å²) in [7, 11) is 0. The van der Waals surface area contributed by atoms with Gasteiger partial charge in [-0.05, 0) is 24.1 Å². The fraction of sp³-hybridized carbons (Fsp3) is 0.286. The molecule has 0 atom stereocenters. The van der Waals surface area contributed by atoms with E-state index in [1.807, 2.05) is 30.3 Å². The average Bonchev–Trinajstić information content (AvgIpc) is 3.12. The molecule has 0 fully saturated rings. The highest BCUT2D eigenvalue weighted by molar-refractivity contribution is 6.53. The number of unbranched alkanes of at least 4 members (excludes halogenated alkanes) is 3. The standard InChI is InChI=1S/C21H19NO4/c1-2-3-4-5-11-26-15-10-9-13-16-12(15)7-6-8-14(16)19-17(13)18(21(24)25)20(23)22-19/h6-10H,2-5,11H2,1H3,(H,24,25). The number of carbonyl (C=O) groups excluding carboxylic acids is 1. The Hall–Kier alpha value is -2.95. The van der Waals surface area contributed by atoms with Crippen LogP contribution in [0.1, 0.15) is 43.7 Å². The Kier molecular flexibility index (Phi) is 4.07. The van der Waals surface area contributed by atoms with Crippen molar-refractivity contribution in [3.05, 3.63) is 47.0 Å². The molecule has 1 amide bonds. The van der Waals surface area contributed by atoms with Crippen molar-refractivity contribution >= 4 is 33.9 Å². The van der Waals surface area contributed by atoms with Crippen molar-refractivity contribution in [2.75, 3.05) is 6.61 Å². The number of rotatable bonds is 7. The van der Waals surface area contributed by atoms with E-state index in [0.29, 0.717) is 17.9 Å². The smallest absolute Gasteiger partial charge is 0.342 e. The number of carboxylic acids is 1. The molecule has 1 aliphatic heterocycles. The monoisotopic (exact) mass is 349 g/mol. The van der Waals surface area contributed by atoms with Crippen molar-refractivity contribution in [1.82, 2.24) is 0 Å². The lowest BCUT2D eigenvalue weighted by Crippen LogP contribution is -2.08. The molecule has 5 nitrogen and oxygen atoms in total. The number of allylic oxidation sites excluding steroid dienone is 1. The van der Waals surface area contributed by atoms with Crippen LogP contribution in [0.5, 0.6) is 5.75 Å². The summed E-state index contributed by atoms with van der Waals surface area (Å²) in [4.78, 5) is 27.5. The molecule has 2 aliphatic rings. The summed E-state index contributed by atoms with van der Waals surface area (Å²) in [6, 6.07) is 9.43. The molecule has 0 saturated heterocycles. The largest absolute Gasteiger partial charge is 0.493 e. The molecular formula is C21H19NO4. The van der Waals surface area contributed by atoms with Crippen molar-refractivity contribution < 1.29 is 19.4 Å². The molecule has 1 heterocycles. The molecule has 2 aromatic carbocycles. The molecule has 0 radical (unpaired) electrons. The Morgan fingerprint density at radius 1 is 1.12 bits per heavy atom. The van der Waals surface area contributed by atoms with Crippen LogP contribution in [0.4, 0.5) is 0 Å². The van der Waals surface area contributed by atoms with Crippen LogP contribution >= 0.6 is 0 Å². The van der Waals surface area contributed by atoms with Gasteiger partial charge in [-0.1, -0.05) is 44.4 Å². The van der Waals surface area contributed by atoms with E-state index in [2.05, 4.69) is 11.9 Å². The molecular weight excluding hydrogens is 330 g/mol. The van der Waals surface area contributed by atoms with Gasteiger partial charge in [-0.15, -0.1) is 0 Å². The lowest BCUT2D eigenvalue weighted by atomic mass is 10.0. The maximum Gasteiger partial charge on any atom is 0.342 e. The zero-order valence-corrected chi connectivity index (χ0v) is 14.5. The molecule has 132 valence electrons. The second kappa shape index (κ2) is 6.41. The van der Waals surface area contributed by atoms with E-state index in [0.717, 1.165) is 40.5 Å². The van der Waals surface area contributed by atoms with Crippen LogP contribution in [-0.4, -0.2) is 29.3 Å². The summed E-state index contributed by atoms with van der Waals surface area (Å²) in [5.41, 5.74) is 2.20. The van der Waals surface area contributed by atoms with Crippen LogP contribution in [0, 0.1) is 0 Å². The number of benzene rings is 2. The second-order valence-electron chi connectivity index (χ2n) is 6.57. The molecule has 0 bridgehead atoms. The minimum atomic E-state index is -1.24. The summed E-state index contributed by atoms with van der Waals surface area (Å²) < 4.78 is 5.98. The van der Waals surface area contributed by atoms with E-state index in [-0.39, 0.29) is 5.57 Å². The Morgan fingerprint density at radius 3 is 2.73 bits per heavy atom. The van der Waals surface area contributed by atoms with Crippen LogP contribution in [0.15, 0.2) is 40.9 Å². The van der Waals surface area contributed by atoms with Crippen LogP contribution in [0.2, 0.25) is 0 Å². The van der Waals surface area contributed by atoms with Crippen molar-refractivity contribution in [1.29, 1.82) is 0 Å². The molecule has 4 rings (SSSR count). The first-order valence-electron chi connectivity index (χ1n) is 8.93. The van der Waals surface area contributed by atoms with Crippen LogP contribution in [0.3, 0.4) is 0 Å². The highest BCUT2D eigenvalue weighted by atomic mass is 16.5. The van der Waals surface area contributed by atoms with Crippen LogP contribution < -0.4 is 4.74 Å². The Bertz CT molecular complexity index is 1000. The Morgan fingerprint density at radius 2 is 1.96 bits per heavy atom. The van der Waals surface area contributed by atoms with Gasteiger partial charge in [-0.25, -0.2) is 9.79 Å². The van der Waals surface area contributed by atoms with Gasteiger partial charge in [-0.3, -0.25) is 4.79 Å². The minimum Gasteiger partial charge on any atom is -0.493 e. The Balaban J connectivity index is 1.76. The number of carboxylic acid groups (broad SMARTS) is 1. The van der Waals surface area contributed by atoms with Gasteiger partial charge in [0.15, 0.2) is 0 Å². The normalized spacial score (nSPS) is 14.8. The summed E-state index contributed by atoms with van der Waals surface area (Å²) in [6.45, 7) is 2.83. The Labute approximate surface area is 151 Å². The van der Waals surface area contributed by atoms with Gasteiger partial charge in [0.1, 0.15) is 11.3 Å². The van der Waals surface area contributed by atoms with E-state index in [4.69, 9.17) is 4.74 Å². The maximum atomic E-state index is 12.0. The highest BCUT2D eigenvalue weighted by Gasteiger charge is 2.38. The lowest BCUT2D eigenvalue weighted by Gasteiger charge is -2.11. The number of fused-ring (bicyclic) bond motifs is 3. The predicted molar refractivity (Wildman–Crippen MR) is 99.7 cm³/mol. The number of ether oxygens (including phenoxy) is 1. The molecule has 26 heavy (non-hydrogen) atoms. The second-order valence-corrected chi connectivity index (χ2v) is 6.57. The third kappa shape index (κ3) is 2.43. The first-order valence-corrected chi connectivity index (χ1v) is 8.93. The molecule has 1 aliphatic carbocycles. The third-order valence-corrected chi connectivity index (χ3v) is 4.91. The van der Waals surface area contributed by atoms with Gasteiger partial charge >= 0.3 is 5.97 Å². The topological polar surface area (TPSA) is 76.0 Å². The lowest BCUT2D eigenvalue weighted by molar-refractivity contribution is -0.134. The average molecular weight is 349 g/mol. The van der Waals surface area contributed by atoms with Crippen molar-refractivity contribution in [2.24, 2.45) is 4.99 Å². The van der Waals surface area contributed by atoms with Crippen LogP contribution in [0.25, 0.3) is 16.3 Å². The number of nitrogens with zero attached hydrogens (tertiary/aromatic N) is 1. The molecule has 2 aromatic rings. The SMILES string of the molecule is CCCCCCOc1ccc2c3c(cccc13)C1=NC(=O)C(C(=O)O)=C12. The van der Waals surface area contributed by atoms with E-state index < -0.39 is 11.9 Å². The number of aliphatic carboxylic acids is 1. The number of hydrogen-bond acceptors (Lipinski definition) is 3. The summed E-state index contributed by atoms with van der Waals surface area (Å²) in [5, 5.41) is 11.3. The fourth-order valence-corrected chi connectivity index (χ4v) is 3.72. The molecule has 1 N–H and O–H groups in total. The quantitative estimate of drug-likeness (QED) is 0.606. The minimum absolute atomic E-state index is 0.245. The van der Waals surface area contributed by atoms with Gasteiger partial charge in [0.05, 0.1) is 12.3 Å². The predicted octanol–water partition coefficient (Wildman–Crippen LogP) is 3.98. The number of amides is 1. The summed E-state index contributed by atoms with van der Waals surface area (Å²) in [6.07, 6.45) is 4.54. The summed E-state index contributed by atoms with van der Waals surface area (Å²) in [5.74, 6) is -1.13. The zero-order valence-electron chi connectivity index (χ0n) is 14.5. The van der Waals surface area contributed by atoms with Crippen molar-refractivity contribution in [3.8, 4) is 5.75 Å². The van der Waals surface area contributed by atoms with Gasteiger partial charge in [0.25, 0.3) is 5.91 Å². The maximum absolute atomic E-state index is 12.0. The number of carbonyl (C=O) groups is 2. The number of aliphatic imine (C=N–C) groups is 1. The van der Waals surface area contributed by atoms with Crippen LogP contribution in [-0.2, 0) is 9.59 Å². The third-order valence-electron chi connectivity index (χ3n) is 4.91. The number of hydrogen-bond donors (Lipinski definition) is 1. The zero-order chi connectivity index (χ0) is 18.3. The summed E-state index contributed by atoms with van der Waals surface area (Å²) >= 11 is 0. The van der Waals surface area contributed by atoms with Gasteiger partial charge in [0.2, 0.25) is 0 Å². The van der Waals surface area contributed by atoms with Crippen molar-refractivity contribution in [2.45, 2.75) is 32.6 Å². The van der Waals surface area contributed by atoms with E-state index in [1.165, 1.54) is 12.8 Å². The molecule has 0 aromatic heterocycles. The van der Waals surface area contributed by atoms with E-state index in [9.17, 15) is 14.7 Å². The van der Waals surface area contributed by atoms with E-state index >= 15 is 0 Å².